The number of carboxylic acids is 1. The van der Waals surface area contributed by atoms with Crippen LogP contribution in [0.3, 0.4) is 0 Å². The fourth-order valence-corrected chi connectivity index (χ4v) is 2.80. The molecule has 1 aliphatic carbocycles. The molecule has 0 spiro atoms. The molecule has 4 nitrogen and oxygen atoms in total. The second-order valence-electron chi connectivity index (χ2n) is 6.55. The molecule has 1 aliphatic rings. The highest BCUT2D eigenvalue weighted by molar-refractivity contribution is 5.77. The average molecular weight is 269 g/mol. The highest BCUT2D eigenvalue weighted by atomic mass is 16.4. The second-order valence-corrected chi connectivity index (χ2v) is 6.55. The fraction of sp³-hybridized carbons (Fsp3) is 0.867. The number of hydrogen-bond donors (Lipinski definition) is 1. The van der Waals surface area contributed by atoms with Crippen molar-refractivity contribution in [2.24, 2.45) is 5.92 Å². The molecule has 0 aliphatic heterocycles. The average Bonchev–Trinajstić information content (AvgIpc) is 2.76. The van der Waals surface area contributed by atoms with Gasteiger partial charge >= 0.3 is 5.97 Å². The zero-order valence-corrected chi connectivity index (χ0v) is 12.4. The lowest BCUT2D eigenvalue weighted by Gasteiger charge is -2.35. The third-order valence-corrected chi connectivity index (χ3v) is 3.90. The van der Waals surface area contributed by atoms with Gasteiger partial charge in [0.05, 0.1) is 6.42 Å². The Balaban J connectivity index is 2.48. The van der Waals surface area contributed by atoms with Crippen molar-refractivity contribution >= 4 is 11.9 Å². The van der Waals surface area contributed by atoms with E-state index in [-0.39, 0.29) is 17.9 Å². The van der Waals surface area contributed by atoms with Crippen LogP contribution < -0.4 is 0 Å². The number of hydrogen-bond acceptors (Lipinski definition) is 2. The molecule has 0 heterocycles. The van der Waals surface area contributed by atoms with E-state index in [1.54, 1.807) is 4.90 Å². The van der Waals surface area contributed by atoms with Crippen LogP contribution in [0, 0.1) is 5.92 Å². The van der Waals surface area contributed by atoms with Crippen LogP contribution in [0.1, 0.15) is 65.7 Å². The third kappa shape index (κ3) is 5.62. The lowest BCUT2D eigenvalue weighted by molar-refractivity contribution is -0.140. The van der Waals surface area contributed by atoms with Gasteiger partial charge < -0.3 is 10.0 Å². The predicted octanol–water partition coefficient (Wildman–Crippen LogP) is 3.06. The standard InChI is InChI=1S/C15H27NO3/c1-15(2,3)16(11-10-14(18)19)13(17)9-8-12-6-4-5-7-12/h12H,4-11H2,1-3H3,(H,18,19). The molecule has 1 rings (SSSR count). The molecule has 0 aromatic carbocycles. The van der Waals surface area contributed by atoms with Gasteiger partial charge in [-0.1, -0.05) is 25.7 Å². The van der Waals surface area contributed by atoms with Gasteiger partial charge in [0.2, 0.25) is 5.91 Å². The van der Waals surface area contributed by atoms with Crippen LogP contribution in [0.4, 0.5) is 0 Å². The Bertz CT molecular complexity index is 314. The summed E-state index contributed by atoms with van der Waals surface area (Å²) in [6.45, 7) is 6.19. The molecule has 4 heteroatoms. The van der Waals surface area contributed by atoms with Gasteiger partial charge in [0.1, 0.15) is 0 Å². The van der Waals surface area contributed by atoms with E-state index in [1.165, 1.54) is 25.7 Å². The van der Waals surface area contributed by atoms with Crippen molar-refractivity contribution in [1.82, 2.24) is 4.90 Å². The Morgan fingerprint density at radius 3 is 2.21 bits per heavy atom. The summed E-state index contributed by atoms with van der Waals surface area (Å²) in [7, 11) is 0. The van der Waals surface area contributed by atoms with Crippen molar-refractivity contribution < 1.29 is 14.7 Å². The molecule has 0 radical (unpaired) electrons. The van der Waals surface area contributed by atoms with E-state index >= 15 is 0 Å². The fourth-order valence-electron chi connectivity index (χ4n) is 2.80. The molecular weight excluding hydrogens is 242 g/mol. The van der Waals surface area contributed by atoms with E-state index in [9.17, 15) is 9.59 Å². The van der Waals surface area contributed by atoms with Crippen LogP contribution in [0.2, 0.25) is 0 Å². The van der Waals surface area contributed by atoms with E-state index in [1.807, 2.05) is 20.8 Å². The maximum Gasteiger partial charge on any atom is 0.305 e. The quantitative estimate of drug-likeness (QED) is 0.806. The molecule has 1 amide bonds. The molecule has 0 atom stereocenters. The summed E-state index contributed by atoms with van der Waals surface area (Å²) in [5.41, 5.74) is -0.303. The number of amides is 1. The molecule has 19 heavy (non-hydrogen) atoms. The van der Waals surface area contributed by atoms with Gasteiger partial charge in [0.15, 0.2) is 0 Å². The summed E-state index contributed by atoms with van der Waals surface area (Å²) in [4.78, 5) is 24.7. The maximum absolute atomic E-state index is 12.3. The van der Waals surface area contributed by atoms with Crippen molar-refractivity contribution in [3.05, 3.63) is 0 Å². The lowest BCUT2D eigenvalue weighted by Crippen LogP contribution is -2.46. The van der Waals surface area contributed by atoms with E-state index in [0.717, 1.165) is 6.42 Å². The first kappa shape index (κ1) is 16.0. The Morgan fingerprint density at radius 2 is 1.74 bits per heavy atom. The zero-order valence-electron chi connectivity index (χ0n) is 12.4. The molecule has 1 N–H and O–H groups in total. The zero-order chi connectivity index (χ0) is 14.5. The predicted molar refractivity (Wildman–Crippen MR) is 74.9 cm³/mol. The molecule has 0 bridgehead atoms. The Kier molecular flexibility index (Phi) is 5.83. The summed E-state index contributed by atoms with van der Waals surface area (Å²) in [5.74, 6) is -0.0521. The molecule has 0 unspecified atom stereocenters. The van der Waals surface area contributed by atoms with Crippen molar-refractivity contribution in [2.75, 3.05) is 6.54 Å². The van der Waals surface area contributed by atoms with Crippen molar-refractivity contribution in [2.45, 2.75) is 71.3 Å². The number of nitrogens with zero attached hydrogens (tertiary/aromatic N) is 1. The second kappa shape index (κ2) is 6.92. The van der Waals surface area contributed by atoms with Crippen LogP contribution in [-0.2, 0) is 9.59 Å². The van der Waals surface area contributed by atoms with Gasteiger partial charge in [-0.2, -0.15) is 0 Å². The van der Waals surface area contributed by atoms with Gasteiger partial charge in [-0.25, -0.2) is 0 Å². The molecule has 0 aromatic rings. The summed E-state index contributed by atoms with van der Waals surface area (Å²) < 4.78 is 0. The maximum atomic E-state index is 12.3. The highest BCUT2D eigenvalue weighted by Crippen LogP contribution is 2.29. The van der Waals surface area contributed by atoms with Crippen molar-refractivity contribution in [3.63, 3.8) is 0 Å². The normalized spacial score (nSPS) is 16.6. The van der Waals surface area contributed by atoms with Crippen molar-refractivity contribution in [3.8, 4) is 0 Å². The number of carboxylic acid groups (broad SMARTS) is 1. The van der Waals surface area contributed by atoms with Gasteiger partial charge in [0, 0.05) is 18.5 Å². The Morgan fingerprint density at radius 1 is 1.16 bits per heavy atom. The number of carbonyl (C=O) groups excluding carboxylic acids is 1. The number of aliphatic carboxylic acids is 1. The number of rotatable bonds is 6. The first-order chi connectivity index (χ1) is 8.80. The van der Waals surface area contributed by atoms with Gasteiger partial charge in [-0.3, -0.25) is 9.59 Å². The lowest BCUT2D eigenvalue weighted by atomic mass is 9.99. The first-order valence-corrected chi connectivity index (χ1v) is 7.33. The van der Waals surface area contributed by atoms with Crippen LogP contribution in [0.5, 0.6) is 0 Å². The molecule has 1 saturated carbocycles. The molecule has 0 aromatic heterocycles. The van der Waals surface area contributed by atoms with Gasteiger partial charge in [0.25, 0.3) is 0 Å². The topological polar surface area (TPSA) is 57.6 Å². The summed E-state index contributed by atoms with van der Waals surface area (Å²) >= 11 is 0. The van der Waals surface area contributed by atoms with E-state index in [0.29, 0.717) is 18.9 Å². The van der Waals surface area contributed by atoms with Crippen LogP contribution in [-0.4, -0.2) is 34.0 Å². The molecule has 0 saturated heterocycles. The van der Waals surface area contributed by atoms with Crippen LogP contribution in [0.25, 0.3) is 0 Å². The first-order valence-electron chi connectivity index (χ1n) is 7.33. The molecule has 110 valence electrons. The molecular formula is C15H27NO3. The van der Waals surface area contributed by atoms with Gasteiger partial charge in [-0.05, 0) is 33.1 Å². The smallest absolute Gasteiger partial charge is 0.305 e. The summed E-state index contributed by atoms with van der Waals surface area (Å²) in [6.07, 6.45) is 6.62. The van der Waals surface area contributed by atoms with Crippen LogP contribution >= 0.6 is 0 Å². The summed E-state index contributed by atoms with van der Waals surface area (Å²) in [5, 5.41) is 8.77. The highest BCUT2D eigenvalue weighted by Gasteiger charge is 2.27. The Hall–Kier alpha value is -1.06. The minimum Gasteiger partial charge on any atom is -0.481 e. The SMILES string of the molecule is CC(C)(C)N(CCC(=O)O)C(=O)CCC1CCCC1. The van der Waals surface area contributed by atoms with E-state index in [2.05, 4.69) is 0 Å². The third-order valence-electron chi connectivity index (χ3n) is 3.90. The summed E-state index contributed by atoms with van der Waals surface area (Å²) in [6, 6.07) is 0. The number of carbonyl (C=O) groups is 2. The Labute approximate surface area is 116 Å². The molecule has 1 fully saturated rings. The monoisotopic (exact) mass is 269 g/mol. The van der Waals surface area contributed by atoms with E-state index in [4.69, 9.17) is 5.11 Å². The van der Waals surface area contributed by atoms with Gasteiger partial charge in [-0.15, -0.1) is 0 Å². The van der Waals surface area contributed by atoms with E-state index < -0.39 is 5.97 Å². The minimum atomic E-state index is -0.849. The van der Waals surface area contributed by atoms with Crippen molar-refractivity contribution in [1.29, 1.82) is 0 Å². The largest absolute Gasteiger partial charge is 0.481 e. The minimum absolute atomic E-state index is 0.0203. The van der Waals surface area contributed by atoms with Crippen LogP contribution in [0.15, 0.2) is 0 Å².